The van der Waals surface area contributed by atoms with Crippen LogP contribution in [0.4, 0.5) is 5.13 Å². The fraction of sp³-hybridized carbons (Fsp3) is 0.200. The van der Waals surface area contributed by atoms with Crippen LogP contribution in [0.1, 0.15) is 30.7 Å². The van der Waals surface area contributed by atoms with Gasteiger partial charge in [0.15, 0.2) is 16.0 Å². The van der Waals surface area contributed by atoms with Gasteiger partial charge in [-0.2, -0.15) is 0 Å². The van der Waals surface area contributed by atoms with Crippen molar-refractivity contribution in [3.63, 3.8) is 0 Å². The van der Waals surface area contributed by atoms with Gasteiger partial charge in [-0.3, -0.25) is 10.1 Å². The normalized spacial score (nSPS) is 10.6. The maximum atomic E-state index is 12.5. The highest BCUT2D eigenvalue weighted by molar-refractivity contribution is 7.17. The molecule has 0 aromatic carbocycles. The number of nitrogens with zero attached hydrogens (tertiary/aromatic N) is 3. The first-order valence-electron chi connectivity index (χ1n) is 6.97. The summed E-state index contributed by atoms with van der Waals surface area (Å²) in [7, 11) is 1.29. The van der Waals surface area contributed by atoms with Crippen molar-refractivity contribution in [3.8, 4) is 5.13 Å². The summed E-state index contributed by atoms with van der Waals surface area (Å²) in [6, 6.07) is 3.78. The van der Waals surface area contributed by atoms with Crippen molar-refractivity contribution in [2.24, 2.45) is 0 Å². The third-order valence-electron chi connectivity index (χ3n) is 3.21. The second-order valence-electron chi connectivity index (χ2n) is 4.87. The number of carbonyl (C=O) groups excluding carboxylic acids is 2. The number of aryl methyl sites for hydroxylation is 2. The van der Waals surface area contributed by atoms with Gasteiger partial charge < -0.3 is 9.30 Å². The minimum Gasteiger partial charge on any atom is -0.464 e. The van der Waals surface area contributed by atoms with Crippen molar-refractivity contribution >= 4 is 39.7 Å². The van der Waals surface area contributed by atoms with Crippen LogP contribution in [0.3, 0.4) is 0 Å². The standard InChI is InChI=1S/C15H14N4O3S2/c1-8-11(24-15(16-8)19-6-4-5-7-19)12(20)18-14-17-10(9(2)23-14)13(21)22-3/h4-7H,1-3H3,(H,17,18,20). The molecule has 24 heavy (non-hydrogen) atoms. The van der Waals surface area contributed by atoms with Gasteiger partial charge in [-0.25, -0.2) is 14.8 Å². The Labute approximate surface area is 145 Å². The zero-order chi connectivity index (χ0) is 17.3. The third kappa shape index (κ3) is 3.08. The molecule has 1 amide bonds. The molecule has 0 aliphatic rings. The Balaban J connectivity index is 1.82. The van der Waals surface area contributed by atoms with E-state index in [1.165, 1.54) is 29.8 Å². The van der Waals surface area contributed by atoms with Gasteiger partial charge in [0, 0.05) is 17.3 Å². The minimum atomic E-state index is -0.520. The van der Waals surface area contributed by atoms with Crippen LogP contribution in [0.15, 0.2) is 24.5 Å². The predicted octanol–water partition coefficient (Wildman–Crippen LogP) is 3.05. The molecule has 0 aliphatic heterocycles. The molecule has 1 N–H and O–H groups in total. The molecule has 0 unspecified atom stereocenters. The second kappa shape index (κ2) is 6.54. The van der Waals surface area contributed by atoms with Crippen LogP contribution in [0.5, 0.6) is 0 Å². The molecular weight excluding hydrogens is 348 g/mol. The van der Waals surface area contributed by atoms with E-state index < -0.39 is 5.97 Å². The van der Waals surface area contributed by atoms with E-state index >= 15 is 0 Å². The number of nitrogens with one attached hydrogen (secondary N) is 1. The molecule has 7 nitrogen and oxygen atoms in total. The topological polar surface area (TPSA) is 86.1 Å². The van der Waals surface area contributed by atoms with Crippen molar-refractivity contribution in [1.29, 1.82) is 0 Å². The van der Waals surface area contributed by atoms with Crippen LogP contribution in [-0.4, -0.2) is 33.5 Å². The third-order valence-corrected chi connectivity index (χ3v) is 5.27. The average molecular weight is 362 g/mol. The summed E-state index contributed by atoms with van der Waals surface area (Å²) in [6.07, 6.45) is 3.74. The molecule has 3 aromatic heterocycles. The molecule has 0 bridgehead atoms. The lowest BCUT2D eigenvalue weighted by Crippen LogP contribution is -2.12. The smallest absolute Gasteiger partial charge is 0.357 e. The molecule has 3 heterocycles. The van der Waals surface area contributed by atoms with E-state index in [1.54, 1.807) is 13.8 Å². The molecule has 0 atom stereocenters. The zero-order valence-electron chi connectivity index (χ0n) is 13.2. The van der Waals surface area contributed by atoms with Crippen LogP contribution in [0, 0.1) is 13.8 Å². The van der Waals surface area contributed by atoms with Crippen molar-refractivity contribution in [2.75, 3.05) is 12.4 Å². The Morgan fingerprint density at radius 1 is 1.17 bits per heavy atom. The number of aromatic nitrogens is 3. The minimum absolute atomic E-state index is 0.215. The molecular formula is C15H14N4O3S2. The molecule has 0 aliphatic carbocycles. The molecule has 0 saturated carbocycles. The summed E-state index contributed by atoms with van der Waals surface area (Å²) < 4.78 is 6.51. The number of thiazole rings is 2. The van der Waals surface area contributed by atoms with Crippen LogP contribution in [0.25, 0.3) is 5.13 Å². The van der Waals surface area contributed by atoms with Gasteiger partial charge in [0.25, 0.3) is 5.91 Å². The summed E-state index contributed by atoms with van der Waals surface area (Å²) in [5, 5.41) is 3.79. The maximum absolute atomic E-state index is 12.5. The van der Waals surface area contributed by atoms with Gasteiger partial charge in [0.1, 0.15) is 4.88 Å². The predicted molar refractivity (Wildman–Crippen MR) is 92.3 cm³/mol. The Hall–Kier alpha value is -2.52. The number of rotatable bonds is 4. The lowest BCUT2D eigenvalue weighted by molar-refractivity contribution is 0.0594. The van der Waals surface area contributed by atoms with E-state index in [2.05, 4.69) is 20.0 Å². The van der Waals surface area contributed by atoms with Gasteiger partial charge in [-0.05, 0) is 26.0 Å². The van der Waals surface area contributed by atoms with E-state index in [4.69, 9.17) is 0 Å². The molecule has 0 spiro atoms. The average Bonchev–Trinajstić information content (AvgIpc) is 3.26. The van der Waals surface area contributed by atoms with Crippen molar-refractivity contribution in [2.45, 2.75) is 13.8 Å². The molecule has 3 aromatic rings. The highest BCUT2D eigenvalue weighted by atomic mass is 32.1. The van der Waals surface area contributed by atoms with E-state index in [0.717, 1.165) is 0 Å². The molecule has 124 valence electrons. The zero-order valence-corrected chi connectivity index (χ0v) is 14.8. The van der Waals surface area contributed by atoms with E-state index in [9.17, 15) is 9.59 Å². The number of hydrogen-bond acceptors (Lipinski definition) is 7. The lowest BCUT2D eigenvalue weighted by Gasteiger charge is -1.99. The van der Waals surface area contributed by atoms with Crippen LogP contribution in [0.2, 0.25) is 0 Å². The molecule has 0 radical (unpaired) electrons. The molecule has 0 saturated heterocycles. The number of carbonyl (C=O) groups is 2. The molecule has 0 fully saturated rings. The Morgan fingerprint density at radius 2 is 1.88 bits per heavy atom. The van der Waals surface area contributed by atoms with Crippen molar-refractivity contribution < 1.29 is 14.3 Å². The maximum Gasteiger partial charge on any atom is 0.357 e. The van der Waals surface area contributed by atoms with Gasteiger partial charge >= 0.3 is 5.97 Å². The summed E-state index contributed by atoms with van der Waals surface area (Å²) in [6.45, 7) is 3.53. The van der Waals surface area contributed by atoms with Crippen molar-refractivity contribution in [1.82, 2.24) is 14.5 Å². The van der Waals surface area contributed by atoms with Crippen LogP contribution >= 0.6 is 22.7 Å². The second-order valence-corrected chi connectivity index (χ2v) is 7.05. The van der Waals surface area contributed by atoms with Gasteiger partial charge in [0.05, 0.1) is 12.8 Å². The first-order valence-corrected chi connectivity index (χ1v) is 8.60. The lowest BCUT2D eigenvalue weighted by atomic mass is 10.4. The number of amides is 1. The summed E-state index contributed by atoms with van der Waals surface area (Å²) in [5.41, 5.74) is 0.856. The monoisotopic (exact) mass is 362 g/mol. The van der Waals surface area contributed by atoms with Crippen molar-refractivity contribution in [3.05, 3.63) is 45.7 Å². The summed E-state index contributed by atoms with van der Waals surface area (Å²) in [4.78, 5) is 33.8. The van der Waals surface area contributed by atoms with E-state index in [1.807, 2.05) is 29.1 Å². The number of hydrogen-bond donors (Lipinski definition) is 1. The first kappa shape index (κ1) is 16.3. The van der Waals surface area contributed by atoms with Gasteiger partial charge in [0.2, 0.25) is 0 Å². The van der Waals surface area contributed by atoms with Gasteiger partial charge in [-0.15, -0.1) is 11.3 Å². The highest BCUT2D eigenvalue weighted by Gasteiger charge is 2.20. The number of esters is 1. The first-order chi connectivity index (χ1) is 11.5. The van der Waals surface area contributed by atoms with Crippen LogP contribution < -0.4 is 5.32 Å². The number of methoxy groups -OCH3 is 1. The Morgan fingerprint density at radius 3 is 2.54 bits per heavy atom. The SMILES string of the molecule is COC(=O)c1nc(NC(=O)c2sc(-n3cccc3)nc2C)sc1C. The molecule has 3 rings (SSSR count). The van der Waals surface area contributed by atoms with E-state index in [-0.39, 0.29) is 11.6 Å². The van der Waals surface area contributed by atoms with Gasteiger partial charge in [-0.1, -0.05) is 11.3 Å². The summed E-state index contributed by atoms with van der Waals surface area (Å²) >= 11 is 2.52. The quantitative estimate of drug-likeness (QED) is 0.721. The number of ether oxygens (including phenoxy) is 1. The van der Waals surface area contributed by atoms with Crippen LogP contribution in [-0.2, 0) is 4.74 Å². The molecule has 9 heteroatoms. The fourth-order valence-corrected chi connectivity index (χ4v) is 3.78. The largest absolute Gasteiger partial charge is 0.464 e. The fourth-order valence-electron chi connectivity index (χ4n) is 2.06. The number of anilines is 1. The Kier molecular flexibility index (Phi) is 4.45. The summed E-state index contributed by atoms with van der Waals surface area (Å²) in [5.74, 6) is -0.818. The Bertz CT molecular complexity index is 896. The highest BCUT2D eigenvalue weighted by Crippen LogP contribution is 2.26. The van der Waals surface area contributed by atoms with E-state index in [0.29, 0.717) is 25.7 Å².